The fraction of sp³-hybridized carbons (Fsp3) is 1.00. The number of aliphatic hydroxyl groups excluding tert-OH is 2. The molecule has 0 aromatic rings. The van der Waals surface area contributed by atoms with Crippen molar-refractivity contribution < 1.29 is 19.7 Å². The van der Waals surface area contributed by atoms with Crippen molar-refractivity contribution in [2.24, 2.45) is 0 Å². The maximum Gasteiger partial charge on any atom is 0.0774 e. The Balaban J connectivity index is 3.02. The average molecular weight is 178 g/mol. The van der Waals surface area contributed by atoms with Crippen LogP contribution in [0, 0.1) is 0 Å². The van der Waals surface area contributed by atoms with E-state index in [1.54, 1.807) is 7.11 Å². The molecule has 0 aromatic carbocycles. The third kappa shape index (κ3) is 7.94. The van der Waals surface area contributed by atoms with Gasteiger partial charge in [0, 0.05) is 13.7 Å². The van der Waals surface area contributed by atoms with E-state index in [-0.39, 0.29) is 6.61 Å². The van der Waals surface area contributed by atoms with Gasteiger partial charge in [-0.3, -0.25) is 0 Å². The highest BCUT2D eigenvalue weighted by molar-refractivity contribution is 4.52. The first-order chi connectivity index (χ1) is 5.81. The van der Waals surface area contributed by atoms with E-state index >= 15 is 0 Å². The number of aliphatic hydroxyl groups is 2. The Kier molecular flexibility index (Phi) is 8.81. The van der Waals surface area contributed by atoms with E-state index in [1.807, 2.05) is 0 Å². The van der Waals surface area contributed by atoms with Crippen molar-refractivity contribution in [2.45, 2.75) is 18.9 Å². The standard InChI is InChI=1S/C8H18O4/c1-11-5-6-12-7-8(10)3-2-4-9/h8-10H,2-7H2,1H3. The molecule has 4 heteroatoms. The Hall–Kier alpha value is -0.160. The van der Waals surface area contributed by atoms with Crippen LogP contribution in [-0.2, 0) is 9.47 Å². The SMILES string of the molecule is COCCOCC(O)CCCO. The van der Waals surface area contributed by atoms with Gasteiger partial charge in [-0.15, -0.1) is 0 Å². The van der Waals surface area contributed by atoms with Crippen molar-refractivity contribution in [1.82, 2.24) is 0 Å². The average Bonchev–Trinajstić information content (AvgIpc) is 2.09. The predicted octanol–water partition coefficient (Wildman–Crippen LogP) is -0.217. The van der Waals surface area contributed by atoms with Gasteiger partial charge < -0.3 is 19.7 Å². The lowest BCUT2D eigenvalue weighted by Gasteiger charge is -2.09. The summed E-state index contributed by atoms with van der Waals surface area (Å²) in [6.45, 7) is 1.50. The zero-order chi connectivity index (χ0) is 9.23. The Bertz CT molecular complexity index is 87.1. The molecule has 2 N–H and O–H groups in total. The molecule has 0 aliphatic carbocycles. The molecule has 0 radical (unpaired) electrons. The highest BCUT2D eigenvalue weighted by Crippen LogP contribution is 1.96. The van der Waals surface area contributed by atoms with Crippen molar-refractivity contribution in [3.05, 3.63) is 0 Å². The van der Waals surface area contributed by atoms with Crippen LogP contribution in [0.25, 0.3) is 0 Å². The number of hydrogen-bond acceptors (Lipinski definition) is 4. The molecule has 1 unspecified atom stereocenters. The molecule has 0 amide bonds. The van der Waals surface area contributed by atoms with Crippen LogP contribution in [0.1, 0.15) is 12.8 Å². The monoisotopic (exact) mass is 178 g/mol. The molecular formula is C8H18O4. The molecular weight excluding hydrogens is 160 g/mol. The Morgan fingerprint density at radius 3 is 2.67 bits per heavy atom. The quantitative estimate of drug-likeness (QED) is 0.505. The van der Waals surface area contributed by atoms with Crippen molar-refractivity contribution in [3.63, 3.8) is 0 Å². The largest absolute Gasteiger partial charge is 0.396 e. The number of methoxy groups -OCH3 is 1. The minimum absolute atomic E-state index is 0.120. The van der Waals surface area contributed by atoms with Gasteiger partial charge in [0.15, 0.2) is 0 Å². The van der Waals surface area contributed by atoms with Gasteiger partial charge in [0.2, 0.25) is 0 Å². The minimum atomic E-state index is -0.464. The molecule has 0 spiro atoms. The van der Waals surface area contributed by atoms with Crippen molar-refractivity contribution >= 4 is 0 Å². The zero-order valence-corrected chi connectivity index (χ0v) is 7.53. The van der Waals surface area contributed by atoms with E-state index < -0.39 is 6.10 Å². The van der Waals surface area contributed by atoms with Crippen LogP contribution in [0.5, 0.6) is 0 Å². The van der Waals surface area contributed by atoms with Gasteiger partial charge in [0.25, 0.3) is 0 Å². The first kappa shape index (κ1) is 11.8. The third-order valence-electron chi connectivity index (χ3n) is 1.44. The van der Waals surface area contributed by atoms with Crippen LogP contribution in [0.15, 0.2) is 0 Å². The van der Waals surface area contributed by atoms with E-state index in [0.717, 1.165) is 0 Å². The summed E-state index contributed by atoms with van der Waals surface area (Å²) in [6.07, 6.45) is 0.743. The molecule has 0 aromatic heterocycles. The number of hydrogen-bond donors (Lipinski definition) is 2. The highest BCUT2D eigenvalue weighted by Gasteiger charge is 2.02. The molecule has 0 aliphatic heterocycles. The van der Waals surface area contributed by atoms with Crippen molar-refractivity contribution in [3.8, 4) is 0 Å². The van der Waals surface area contributed by atoms with Crippen LogP contribution in [0.3, 0.4) is 0 Å². The molecule has 4 nitrogen and oxygen atoms in total. The van der Waals surface area contributed by atoms with Crippen molar-refractivity contribution in [2.75, 3.05) is 33.5 Å². The second kappa shape index (κ2) is 8.93. The smallest absolute Gasteiger partial charge is 0.0774 e. The van der Waals surface area contributed by atoms with Crippen LogP contribution in [0.2, 0.25) is 0 Å². The van der Waals surface area contributed by atoms with Crippen LogP contribution in [0.4, 0.5) is 0 Å². The van der Waals surface area contributed by atoms with E-state index in [9.17, 15) is 5.11 Å². The topological polar surface area (TPSA) is 58.9 Å². The first-order valence-electron chi connectivity index (χ1n) is 4.17. The summed E-state index contributed by atoms with van der Waals surface area (Å²) in [5.41, 5.74) is 0. The summed E-state index contributed by atoms with van der Waals surface area (Å²) < 4.78 is 9.83. The number of ether oxygens (including phenoxy) is 2. The fourth-order valence-electron chi connectivity index (χ4n) is 0.772. The van der Waals surface area contributed by atoms with Gasteiger partial charge in [-0.05, 0) is 12.8 Å². The van der Waals surface area contributed by atoms with Crippen LogP contribution >= 0.6 is 0 Å². The van der Waals surface area contributed by atoms with Gasteiger partial charge in [0.05, 0.1) is 25.9 Å². The van der Waals surface area contributed by atoms with E-state index in [0.29, 0.717) is 32.7 Å². The maximum atomic E-state index is 9.20. The summed E-state index contributed by atoms with van der Waals surface area (Å²) in [7, 11) is 1.60. The lowest BCUT2D eigenvalue weighted by atomic mass is 10.2. The second-order valence-corrected chi connectivity index (χ2v) is 2.59. The molecule has 0 aliphatic rings. The third-order valence-corrected chi connectivity index (χ3v) is 1.44. The van der Waals surface area contributed by atoms with Crippen LogP contribution in [-0.4, -0.2) is 49.9 Å². The lowest BCUT2D eigenvalue weighted by Crippen LogP contribution is -2.17. The summed E-state index contributed by atoms with van der Waals surface area (Å²) in [5, 5.41) is 17.7. The molecule has 0 saturated heterocycles. The van der Waals surface area contributed by atoms with Gasteiger partial charge >= 0.3 is 0 Å². The van der Waals surface area contributed by atoms with E-state index in [4.69, 9.17) is 14.6 Å². The Morgan fingerprint density at radius 1 is 1.33 bits per heavy atom. The molecule has 1 atom stereocenters. The minimum Gasteiger partial charge on any atom is -0.396 e. The second-order valence-electron chi connectivity index (χ2n) is 2.59. The summed E-state index contributed by atoms with van der Waals surface area (Å²) in [6, 6.07) is 0. The molecule has 0 saturated carbocycles. The van der Waals surface area contributed by atoms with Gasteiger partial charge in [-0.1, -0.05) is 0 Å². The van der Waals surface area contributed by atoms with E-state index in [2.05, 4.69) is 0 Å². The van der Waals surface area contributed by atoms with Gasteiger partial charge in [-0.2, -0.15) is 0 Å². The Morgan fingerprint density at radius 2 is 2.08 bits per heavy atom. The summed E-state index contributed by atoms with van der Waals surface area (Å²) >= 11 is 0. The molecule has 12 heavy (non-hydrogen) atoms. The predicted molar refractivity (Wildman–Crippen MR) is 45.0 cm³/mol. The molecule has 0 heterocycles. The summed E-state index contributed by atoms with van der Waals surface area (Å²) in [5.74, 6) is 0. The van der Waals surface area contributed by atoms with Gasteiger partial charge in [0.1, 0.15) is 0 Å². The lowest BCUT2D eigenvalue weighted by molar-refractivity contribution is 0.00829. The zero-order valence-electron chi connectivity index (χ0n) is 7.53. The molecule has 0 bridgehead atoms. The van der Waals surface area contributed by atoms with Crippen LogP contribution < -0.4 is 0 Å². The van der Waals surface area contributed by atoms with Gasteiger partial charge in [-0.25, -0.2) is 0 Å². The first-order valence-corrected chi connectivity index (χ1v) is 4.17. The highest BCUT2D eigenvalue weighted by atomic mass is 16.5. The normalized spacial score (nSPS) is 13.2. The maximum absolute atomic E-state index is 9.20. The van der Waals surface area contributed by atoms with E-state index in [1.165, 1.54) is 0 Å². The molecule has 0 rings (SSSR count). The molecule has 0 fully saturated rings. The number of rotatable bonds is 8. The Labute approximate surface area is 73.1 Å². The summed E-state index contributed by atoms with van der Waals surface area (Å²) in [4.78, 5) is 0. The fourth-order valence-corrected chi connectivity index (χ4v) is 0.772. The molecule has 74 valence electrons. The van der Waals surface area contributed by atoms with Crippen molar-refractivity contribution in [1.29, 1.82) is 0 Å².